The molecule has 2 aliphatic carbocycles. The zero-order valence-electron chi connectivity index (χ0n) is 10.7. The molecule has 0 spiro atoms. The number of hydrogen-bond donors (Lipinski definition) is 1. The van der Waals surface area contributed by atoms with Crippen LogP contribution in [0.3, 0.4) is 0 Å². The molecule has 0 amide bonds. The quantitative estimate of drug-likeness (QED) is 0.641. The highest BCUT2D eigenvalue weighted by Gasteiger charge is 2.28. The summed E-state index contributed by atoms with van der Waals surface area (Å²) in [5, 5.41) is 3.70. The zero-order valence-corrected chi connectivity index (χ0v) is 10.7. The van der Waals surface area contributed by atoms with Crippen LogP contribution in [-0.4, -0.2) is 25.8 Å². The molecule has 0 aromatic rings. The van der Waals surface area contributed by atoms with Crippen LogP contribution in [-0.2, 0) is 4.74 Å². The highest BCUT2D eigenvalue weighted by atomic mass is 16.5. The van der Waals surface area contributed by atoms with Crippen LogP contribution >= 0.6 is 0 Å². The third-order valence-electron chi connectivity index (χ3n) is 4.13. The van der Waals surface area contributed by atoms with Gasteiger partial charge in [0.15, 0.2) is 0 Å². The molecular formula is C14H27NO. The highest BCUT2D eigenvalue weighted by molar-refractivity contribution is 4.85. The number of hydrogen-bond acceptors (Lipinski definition) is 2. The molecule has 0 saturated heterocycles. The van der Waals surface area contributed by atoms with Crippen LogP contribution in [0.4, 0.5) is 0 Å². The molecule has 2 aliphatic rings. The molecule has 0 aliphatic heterocycles. The molecular weight excluding hydrogens is 198 g/mol. The van der Waals surface area contributed by atoms with Gasteiger partial charge in [-0.3, -0.25) is 0 Å². The maximum Gasteiger partial charge on any atom is 0.0465 e. The third kappa shape index (κ3) is 4.06. The lowest BCUT2D eigenvalue weighted by Gasteiger charge is -2.20. The van der Waals surface area contributed by atoms with Gasteiger partial charge in [0.1, 0.15) is 0 Å². The van der Waals surface area contributed by atoms with Crippen molar-refractivity contribution in [3.63, 3.8) is 0 Å². The Morgan fingerprint density at radius 2 is 1.94 bits per heavy atom. The van der Waals surface area contributed by atoms with Crippen LogP contribution in [0.2, 0.25) is 0 Å². The minimum Gasteiger partial charge on any atom is -0.382 e. The average molecular weight is 225 g/mol. The van der Waals surface area contributed by atoms with Crippen LogP contribution in [0.15, 0.2) is 0 Å². The van der Waals surface area contributed by atoms with E-state index in [4.69, 9.17) is 4.74 Å². The van der Waals surface area contributed by atoms with E-state index in [2.05, 4.69) is 12.2 Å². The van der Waals surface area contributed by atoms with Gasteiger partial charge < -0.3 is 10.1 Å². The van der Waals surface area contributed by atoms with Crippen molar-refractivity contribution < 1.29 is 4.74 Å². The summed E-state index contributed by atoms with van der Waals surface area (Å²) in [4.78, 5) is 0. The number of rotatable bonds is 8. The van der Waals surface area contributed by atoms with E-state index in [0.29, 0.717) is 0 Å². The van der Waals surface area contributed by atoms with Crippen molar-refractivity contribution in [2.24, 2.45) is 11.8 Å². The van der Waals surface area contributed by atoms with Gasteiger partial charge in [-0.15, -0.1) is 0 Å². The van der Waals surface area contributed by atoms with Crippen molar-refractivity contribution in [2.45, 2.75) is 57.9 Å². The molecule has 2 nitrogen and oxygen atoms in total. The summed E-state index contributed by atoms with van der Waals surface area (Å²) >= 11 is 0. The molecule has 1 N–H and O–H groups in total. The van der Waals surface area contributed by atoms with Gasteiger partial charge in [0.2, 0.25) is 0 Å². The molecule has 0 aromatic heterocycles. The second-order valence-electron chi connectivity index (χ2n) is 5.47. The lowest BCUT2D eigenvalue weighted by molar-refractivity contribution is 0.137. The van der Waals surface area contributed by atoms with E-state index in [9.17, 15) is 0 Å². The number of ether oxygens (including phenoxy) is 1. The van der Waals surface area contributed by atoms with Crippen LogP contribution in [0, 0.1) is 11.8 Å². The van der Waals surface area contributed by atoms with E-state index in [-0.39, 0.29) is 0 Å². The molecule has 94 valence electrons. The van der Waals surface area contributed by atoms with Crippen molar-refractivity contribution in [1.29, 1.82) is 0 Å². The first kappa shape index (κ1) is 12.4. The highest BCUT2D eigenvalue weighted by Crippen LogP contribution is 2.35. The van der Waals surface area contributed by atoms with Crippen molar-refractivity contribution in [1.82, 2.24) is 5.32 Å². The molecule has 0 aromatic carbocycles. The summed E-state index contributed by atoms with van der Waals surface area (Å²) in [5.41, 5.74) is 0. The van der Waals surface area contributed by atoms with E-state index in [1.54, 1.807) is 0 Å². The standard InChI is InChI=1S/C14H27NO/c1-2-16-10-4-7-12-5-3-6-13(12)11-15-14-8-9-14/h12-15H,2-11H2,1H3. The predicted octanol–water partition coefficient (Wildman–Crippen LogP) is 2.97. The SMILES string of the molecule is CCOCCCC1CCCC1CNC1CC1. The summed E-state index contributed by atoms with van der Waals surface area (Å²) in [6.07, 6.45) is 9.86. The summed E-state index contributed by atoms with van der Waals surface area (Å²) in [6, 6.07) is 0.879. The Kier molecular flexibility index (Phi) is 5.11. The minimum absolute atomic E-state index is 0.872. The first-order valence-corrected chi connectivity index (χ1v) is 7.21. The predicted molar refractivity (Wildman–Crippen MR) is 67.6 cm³/mol. The Morgan fingerprint density at radius 3 is 2.69 bits per heavy atom. The normalized spacial score (nSPS) is 29.8. The van der Waals surface area contributed by atoms with Crippen LogP contribution < -0.4 is 5.32 Å². The van der Waals surface area contributed by atoms with Crippen molar-refractivity contribution in [3.05, 3.63) is 0 Å². The van der Waals surface area contributed by atoms with Gasteiger partial charge in [0.25, 0.3) is 0 Å². The molecule has 2 unspecified atom stereocenters. The van der Waals surface area contributed by atoms with Gasteiger partial charge in [-0.2, -0.15) is 0 Å². The first-order chi connectivity index (χ1) is 7.90. The second kappa shape index (κ2) is 6.61. The molecule has 16 heavy (non-hydrogen) atoms. The Balaban J connectivity index is 1.58. The maximum atomic E-state index is 5.42. The Bertz CT molecular complexity index is 191. The zero-order chi connectivity index (χ0) is 11.2. The van der Waals surface area contributed by atoms with E-state index in [1.807, 2.05) is 0 Å². The largest absolute Gasteiger partial charge is 0.382 e. The van der Waals surface area contributed by atoms with Crippen molar-refractivity contribution >= 4 is 0 Å². The maximum absolute atomic E-state index is 5.42. The van der Waals surface area contributed by atoms with Gasteiger partial charge in [-0.25, -0.2) is 0 Å². The van der Waals surface area contributed by atoms with Gasteiger partial charge in [-0.1, -0.05) is 12.8 Å². The topological polar surface area (TPSA) is 21.3 Å². The molecule has 0 radical (unpaired) electrons. The van der Waals surface area contributed by atoms with Crippen molar-refractivity contribution in [2.75, 3.05) is 19.8 Å². The lowest BCUT2D eigenvalue weighted by atomic mass is 9.91. The van der Waals surface area contributed by atoms with Crippen LogP contribution in [0.5, 0.6) is 0 Å². The molecule has 2 rings (SSSR count). The van der Waals surface area contributed by atoms with E-state index < -0.39 is 0 Å². The fourth-order valence-corrected chi connectivity index (χ4v) is 2.96. The summed E-state index contributed by atoms with van der Waals surface area (Å²) in [5.74, 6) is 1.94. The lowest BCUT2D eigenvalue weighted by Crippen LogP contribution is -2.27. The summed E-state index contributed by atoms with van der Waals surface area (Å²) in [6.45, 7) is 5.20. The van der Waals surface area contributed by atoms with Gasteiger partial charge in [0.05, 0.1) is 0 Å². The fourth-order valence-electron chi connectivity index (χ4n) is 2.96. The molecule has 2 heteroatoms. The van der Waals surface area contributed by atoms with Crippen LogP contribution in [0.25, 0.3) is 0 Å². The second-order valence-corrected chi connectivity index (χ2v) is 5.47. The van der Waals surface area contributed by atoms with Crippen LogP contribution in [0.1, 0.15) is 51.9 Å². The monoisotopic (exact) mass is 225 g/mol. The molecule has 0 bridgehead atoms. The van der Waals surface area contributed by atoms with E-state index in [0.717, 1.165) is 31.1 Å². The first-order valence-electron chi connectivity index (χ1n) is 7.21. The van der Waals surface area contributed by atoms with Gasteiger partial charge in [-0.05, 0) is 57.4 Å². The summed E-state index contributed by atoms with van der Waals surface area (Å²) in [7, 11) is 0. The molecule has 2 atom stereocenters. The van der Waals surface area contributed by atoms with Gasteiger partial charge >= 0.3 is 0 Å². The summed E-state index contributed by atoms with van der Waals surface area (Å²) < 4.78 is 5.42. The average Bonchev–Trinajstić information content (AvgIpc) is 3.02. The van der Waals surface area contributed by atoms with E-state index >= 15 is 0 Å². The molecule has 2 saturated carbocycles. The Labute approximate surface area is 100 Å². The molecule has 2 fully saturated rings. The third-order valence-corrected chi connectivity index (χ3v) is 4.13. The van der Waals surface area contributed by atoms with E-state index in [1.165, 1.54) is 51.5 Å². The Hall–Kier alpha value is -0.0800. The minimum atomic E-state index is 0.872. The Morgan fingerprint density at radius 1 is 1.12 bits per heavy atom. The number of nitrogens with one attached hydrogen (secondary N) is 1. The van der Waals surface area contributed by atoms with Gasteiger partial charge in [0, 0.05) is 19.3 Å². The smallest absolute Gasteiger partial charge is 0.0465 e. The molecule has 0 heterocycles. The van der Waals surface area contributed by atoms with Crippen molar-refractivity contribution in [3.8, 4) is 0 Å². The fraction of sp³-hybridized carbons (Fsp3) is 1.00.